The molecule has 2 heterocycles. The van der Waals surface area contributed by atoms with E-state index in [-0.39, 0.29) is 0 Å². The first-order valence-electron chi connectivity index (χ1n) is 14.5. The van der Waals surface area contributed by atoms with Crippen molar-refractivity contribution in [1.29, 1.82) is 0 Å². The van der Waals surface area contributed by atoms with Crippen LogP contribution in [-0.4, -0.2) is 22.7 Å². The maximum atomic E-state index is 12.8. The minimum absolute atomic E-state index is 0.905. The molecule has 0 saturated carbocycles. The first-order valence-corrected chi connectivity index (χ1v) is 17.1. The SMILES string of the molecule is CP(C)(=O)c1cccc(-c2ccc(-c3ccc(-c4cc5ccccc5n5c4nc4ccccc45)cc3)c3ccccc23)c1. The minimum atomic E-state index is -2.36. The second-order valence-corrected chi connectivity index (χ2v) is 14.8. The molecule has 8 aromatic rings. The zero-order chi connectivity index (χ0) is 29.1. The third-order valence-electron chi connectivity index (χ3n) is 8.49. The van der Waals surface area contributed by atoms with Crippen molar-refractivity contribution in [1.82, 2.24) is 9.38 Å². The minimum Gasteiger partial charge on any atom is -0.319 e. The first kappa shape index (κ1) is 25.7. The Labute approximate surface area is 250 Å². The summed E-state index contributed by atoms with van der Waals surface area (Å²) in [6, 6.07) is 49.1. The molecule has 0 radical (unpaired) electrons. The van der Waals surface area contributed by atoms with Gasteiger partial charge in [-0.25, -0.2) is 4.98 Å². The Bertz CT molecular complexity index is 2400. The van der Waals surface area contributed by atoms with Crippen molar-refractivity contribution in [3.8, 4) is 33.4 Å². The summed E-state index contributed by atoms with van der Waals surface area (Å²) < 4.78 is 15.1. The molecule has 43 heavy (non-hydrogen) atoms. The van der Waals surface area contributed by atoms with Gasteiger partial charge in [-0.2, -0.15) is 0 Å². The second-order valence-electron chi connectivity index (χ2n) is 11.6. The van der Waals surface area contributed by atoms with Crippen molar-refractivity contribution in [3.63, 3.8) is 0 Å². The maximum Gasteiger partial charge on any atom is 0.146 e. The van der Waals surface area contributed by atoms with Crippen LogP contribution in [0, 0.1) is 0 Å². The molecule has 0 unspecified atom stereocenters. The van der Waals surface area contributed by atoms with E-state index in [9.17, 15) is 4.57 Å². The van der Waals surface area contributed by atoms with E-state index in [1.165, 1.54) is 21.7 Å². The van der Waals surface area contributed by atoms with Gasteiger partial charge >= 0.3 is 0 Å². The summed E-state index contributed by atoms with van der Waals surface area (Å²) in [4.78, 5) is 5.07. The monoisotopic (exact) mass is 572 g/mol. The van der Waals surface area contributed by atoms with E-state index < -0.39 is 7.14 Å². The van der Waals surface area contributed by atoms with Crippen LogP contribution in [0.3, 0.4) is 0 Å². The molecule has 0 fully saturated rings. The zero-order valence-electron chi connectivity index (χ0n) is 24.0. The highest BCUT2D eigenvalue weighted by Crippen LogP contribution is 2.40. The number of benzene rings is 6. The van der Waals surface area contributed by atoms with Crippen molar-refractivity contribution in [2.24, 2.45) is 0 Å². The lowest BCUT2D eigenvalue weighted by Crippen LogP contribution is -2.02. The van der Waals surface area contributed by atoms with E-state index in [4.69, 9.17) is 4.98 Å². The van der Waals surface area contributed by atoms with E-state index in [1.54, 1.807) is 0 Å². The molecule has 4 heteroatoms. The summed E-state index contributed by atoms with van der Waals surface area (Å²) in [7, 11) is -2.36. The number of rotatable bonds is 4. The molecular formula is C39H29N2OP. The molecule has 0 N–H and O–H groups in total. The fourth-order valence-corrected chi connectivity index (χ4v) is 7.23. The summed E-state index contributed by atoms with van der Waals surface area (Å²) >= 11 is 0. The maximum absolute atomic E-state index is 12.8. The van der Waals surface area contributed by atoms with Crippen molar-refractivity contribution in [2.75, 3.05) is 13.3 Å². The molecule has 0 aliphatic rings. The Morgan fingerprint density at radius 3 is 1.86 bits per heavy atom. The second kappa shape index (κ2) is 9.80. The molecule has 206 valence electrons. The number of para-hydroxylation sites is 3. The third kappa shape index (κ3) is 4.28. The lowest BCUT2D eigenvalue weighted by atomic mass is 9.91. The van der Waals surface area contributed by atoms with Gasteiger partial charge in [0.1, 0.15) is 12.8 Å². The summed E-state index contributed by atoms with van der Waals surface area (Å²) in [5, 5.41) is 4.47. The highest BCUT2D eigenvalue weighted by Gasteiger charge is 2.16. The number of nitrogens with zero attached hydrogens (tertiary/aromatic N) is 2. The van der Waals surface area contributed by atoms with Gasteiger partial charge in [0.15, 0.2) is 0 Å². The number of hydrogen-bond acceptors (Lipinski definition) is 2. The van der Waals surface area contributed by atoms with Crippen LogP contribution in [0.2, 0.25) is 0 Å². The van der Waals surface area contributed by atoms with Crippen molar-refractivity contribution >= 4 is 50.8 Å². The standard InChI is InChI=1S/C39H29N2OP/c1-43(2,42)30-12-9-11-28(24-30)32-23-22-31(33-13-4-5-14-34(32)33)26-18-20-27(21-19-26)35-25-29-10-3-7-16-37(29)41-38-17-8-6-15-36(38)40-39(35)41/h3-25H,1-2H3. The molecule has 6 aromatic carbocycles. The van der Waals surface area contributed by atoms with Crippen LogP contribution >= 0.6 is 7.14 Å². The van der Waals surface area contributed by atoms with Gasteiger partial charge in [-0.15, -0.1) is 0 Å². The number of fused-ring (bicyclic) bond motifs is 6. The predicted molar refractivity (Wildman–Crippen MR) is 183 cm³/mol. The number of aromatic nitrogens is 2. The van der Waals surface area contributed by atoms with E-state index in [0.717, 1.165) is 55.3 Å². The summed E-state index contributed by atoms with van der Waals surface area (Å²) in [6.45, 7) is 3.66. The van der Waals surface area contributed by atoms with Gasteiger partial charge in [-0.3, -0.25) is 4.40 Å². The normalized spacial score (nSPS) is 12.0. The fraction of sp³-hybridized carbons (Fsp3) is 0.0513. The van der Waals surface area contributed by atoms with Gasteiger partial charge in [-0.05, 0) is 87.6 Å². The first-order chi connectivity index (χ1) is 21.0. The van der Waals surface area contributed by atoms with Gasteiger partial charge in [-0.1, -0.05) is 109 Å². The summed E-state index contributed by atoms with van der Waals surface area (Å²) in [5.74, 6) is 0. The Kier molecular flexibility index (Phi) is 5.86. The van der Waals surface area contributed by atoms with E-state index in [2.05, 4.69) is 126 Å². The molecular weight excluding hydrogens is 543 g/mol. The molecule has 0 bridgehead atoms. The molecule has 0 spiro atoms. The Hall–Kier alpha value is -4.98. The van der Waals surface area contributed by atoms with Crippen LogP contribution in [0.4, 0.5) is 0 Å². The molecule has 0 saturated heterocycles. The van der Waals surface area contributed by atoms with Crippen molar-refractivity contribution < 1.29 is 4.57 Å². The molecule has 2 aromatic heterocycles. The van der Waals surface area contributed by atoms with Crippen molar-refractivity contribution in [2.45, 2.75) is 0 Å². The third-order valence-corrected chi connectivity index (χ3v) is 10.0. The Morgan fingerprint density at radius 2 is 1.14 bits per heavy atom. The Balaban J connectivity index is 1.26. The van der Waals surface area contributed by atoms with Crippen LogP contribution < -0.4 is 5.30 Å². The number of hydrogen-bond donors (Lipinski definition) is 0. The van der Waals surface area contributed by atoms with Gasteiger partial charge in [0, 0.05) is 10.9 Å². The number of pyridine rings is 1. The highest BCUT2D eigenvalue weighted by molar-refractivity contribution is 7.70. The lowest BCUT2D eigenvalue weighted by molar-refractivity contribution is 0.588. The van der Waals surface area contributed by atoms with E-state index in [1.807, 2.05) is 31.5 Å². The van der Waals surface area contributed by atoms with Gasteiger partial charge in [0.05, 0.1) is 16.6 Å². The van der Waals surface area contributed by atoms with Crippen molar-refractivity contribution in [3.05, 3.63) is 140 Å². The summed E-state index contributed by atoms with van der Waals surface area (Å²) in [6.07, 6.45) is 0. The quantitative estimate of drug-likeness (QED) is 0.197. The fourth-order valence-electron chi connectivity index (χ4n) is 6.34. The predicted octanol–water partition coefficient (Wildman–Crippen LogP) is 10.0. The van der Waals surface area contributed by atoms with Crippen LogP contribution in [0.15, 0.2) is 140 Å². The smallest absolute Gasteiger partial charge is 0.146 e. The van der Waals surface area contributed by atoms with Crippen LogP contribution in [-0.2, 0) is 4.57 Å². The average Bonchev–Trinajstić information content (AvgIpc) is 3.44. The largest absolute Gasteiger partial charge is 0.319 e. The van der Waals surface area contributed by atoms with Gasteiger partial charge < -0.3 is 4.57 Å². The molecule has 0 aliphatic carbocycles. The molecule has 3 nitrogen and oxygen atoms in total. The van der Waals surface area contributed by atoms with E-state index >= 15 is 0 Å². The topological polar surface area (TPSA) is 34.4 Å². The number of imidazole rings is 1. The molecule has 8 rings (SSSR count). The summed E-state index contributed by atoms with van der Waals surface area (Å²) in [5.41, 5.74) is 11.1. The zero-order valence-corrected chi connectivity index (χ0v) is 24.9. The van der Waals surface area contributed by atoms with Gasteiger partial charge in [0.2, 0.25) is 0 Å². The molecule has 0 atom stereocenters. The van der Waals surface area contributed by atoms with Crippen LogP contribution in [0.1, 0.15) is 0 Å². The lowest BCUT2D eigenvalue weighted by Gasteiger charge is -2.14. The van der Waals surface area contributed by atoms with Crippen LogP contribution in [0.25, 0.3) is 71.7 Å². The van der Waals surface area contributed by atoms with Crippen LogP contribution in [0.5, 0.6) is 0 Å². The van der Waals surface area contributed by atoms with E-state index in [0.29, 0.717) is 0 Å². The highest BCUT2D eigenvalue weighted by atomic mass is 31.2. The molecule has 0 amide bonds. The average molecular weight is 573 g/mol. The molecule has 0 aliphatic heterocycles. The Morgan fingerprint density at radius 1 is 0.535 bits per heavy atom. The van der Waals surface area contributed by atoms with Gasteiger partial charge in [0.25, 0.3) is 0 Å².